The molecular formula is C10H14N4. The second-order valence-electron chi connectivity index (χ2n) is 3.20. The molecule has 0 unspecified atom stereocenters. The van der Waals surface area contributed by atoms with Crippen LogP contribution < -0.4 is 5.73 Å². The maximum absolute atomic E-state index is 8.92. The molecule has 4 heteroatoms. The summed E-state index contributed by atoms with van der Waals surface area (Å²) in [6, 6.07) is 2.12. The van der Waals surface area contributed by atoms with Crippen molar-refractivity contribution < 1.29 is 0 Å². The molecule has 0 atom stereocenters. The fourth-order valence-corrected chi connectivity index (χ4v) is 1.33. The van der Waals surface area contributed by atoms with Crippen molar-refractivity contribution in [1.29, 1.82) is 5.26 Å². The van der Waals surface area contributed by atoms with Crippen molar-refractivity contribution in [2.75, 3.05) is 5.73 Å². The number of hydrogen-bond acceptors (Lipinski definition) is 4. The Morgan fingerprint density at radius 3 is 2.71 bits per heavy atom. The summed E-state index contributed by atoms with van der Waals surface area (Å²) in [6.45, 7) is 3.88. The van der Waals surface area contributed by atoms with Gasteiger partial charge in [0, 0.05) is 0 Å². The van der Waals surface area contributed by atoms with Gasteiger partial charge in [0.1, 0.15) is 6.07 Å². The van der Waals surface area contributed by atoms with Gasteiger partial charge in [0.2, 0.25) is 5.95 Å². The summed E-state index contributed by atoms with van der Waals surface area (Å²) in [4.78, 5) is 8.04. The predicted molar refractivity (Wildman–Crippen MR) is 54.5 cm³/mol. The molecule has 2 N–H and O–H groups in total. The van der Waals surface area contributed by atoms with Crippen molar-refractivity contribution in [1.82, 2.24) is 9.97 Å². The van der Waals surface area contributed by atoms with Gasteiger partial charge in [-0.2, -0.15) is 5.26 Å². The number of aromatic nitrogens is 2. The van der Waals surface area contributed by atoms with E-state index in [1.807, 2.05) is 0 Å². The van der Waals surface area contributed by atoms with Crippen molar-refractivity contribution in [3.05, 3.63) is 17.0 Å². The fraction of sp³-hybridized carbons (Fsp3) is 0.500. The number of unbranched alkanes of at least 4 members (excludes halogenated alkanes) is 1. The maximum atomic E-state index is 8.92. The largest absolute Gasteiger partial charge is 0.368 e. The lowest BCUT2D eigenvalue weighted by atomic mass is 10.1. The molecule has 1 aromatic heterocycles. The van der Waals surface area contributed by atoms with Crippen molar-refractivity contribution in [2.24, 2.45) is 0 Å². The number of hydrogen-bond donors (Lipinski definition) is 1. The minimum atomic E-state index is 0.257. The van der Waals surface area contributed by atoms with Gasteiger partial charge in [-0.25, -0.2) is 9.97 Å². The van der Waals surface area contributed by atoms with E-state index in [2.05, 4.69) is 23.0 Å². The lowest BCUT2D eigenvalue weighted by Crippen LogP contribution is -2.05. The van der Waals surface area contributed by atoms with Crippen LogP contribution in [-0.2, 0) is 6.42 Å². The van der Waals surface area contributed by atoms with Gasteiger partial charge in [0.25, 0.3) is 0 Å². The van der Waals surface area contributed by atoms with E-state index in [-0.39, 0.29) is 5.95 Å². The Bertz CT molecular complexity index is 365. The van der Waals surface area contributed by atoms with Crippen molar-refractivity contribution in [2.45, 2.75) is 33.1 Å². The topological polar surface area (TPSA) is 75.6 Å². The molecular weight excluding hydrogens is 176 g/mol. The van der Waals surface area contributed by atoms with Crippen LogP contribution in [0.4, 0.5) is 5.95 Å². The van der Waals surface area contributed by atoms with Crippen LogP contribution >= 0.6 is 0 Å². The predicted octanol–water partition coefficient (Wildman–Crippen LogP) is 1.58. The van der Waals surface area contributed by atoms with Crippen LogP contribution in [0, 0.1) is 18.3 Å². The summed E-state index contributed by atoms with van der Waals surface area (Å²) >= 11 is 0. The molecule has 0 aliphatic rings. The van der Waals surface area contributed by atoms with Gasteiger partial charge in [-0.1, -0.05) is 13.3 Å². The van der Waals surface area contributed by atoms with E-state index >= 15 is 0 Å². The van der Waals surface area contributed by atoms with Crippen LogP contribution in [0.2, 0.25) is 0 Å². The molecule has 74 valence electrons. The van der Waals surface area contributed by atoms with Gasteiger partial charge < -0.3 is 5.73 Å². The zero-order valence-electron chi connectivity index (χ0n) is 8.54. The minimum Gasteiger partial charge on any atom is -0.368 e. The number of nitriles is 1. The summed E-state index contributed by atoms with van der Waals surface area (Å²) in [7, 11) is 0. The quantitative estimate of drug-likeness (QED) is 0.785. The van der Waals surface area contributed by atoms with Crippen LogP contribution in [0.5, 0.6) is 0 Å². The number of nitrogens with two attached hydrogens (primary N) is 1. The average Bonchev–Trinajstić information content (AvgIpc) is 2.14. The Labute approximate surface area is 83.8 Å². The second-order valence-corrected chi connectivity index (χ2v) is 3.20. The molecule has 0 saturated carbocycles. The van der Waals surface area contributed by atoms with Gasteiger partial charge in [-0.15, -0.1) is 0 Å². The van der Waals surface area contributed by atoms with E-state index in [0.29, 0.717) is 11.3 Å². The zero-order chi connectivity index (χ0) is 10.6. The SMILES string of the molecule is CCCCc1nc(N)nc(C)c1C#N. The molecule has 1 heterocycles. The first kappa shape index (κ1) is 10.5. The van der Waals surface area contributed by atoms with Gasteiger partial charge in [-0.3, -0.25) is 0 Å². The van der Waals surface area contributed by atoms with Crippen molar-refractivity contribution in [3.8, 4) is 6.07 Å². The van der Waals surface area contributed by atoms with Crippen molar-refractivity contribution in [3.63, 3.8) is 0 Å². The van der Waals surface area contributed by atoms with Crippen LogP contribution in [0.3, 0.4) is 0 Å². The molecule has 1 rings (SSSR count). The first-order chi connectivity index (χ1) is 6.69. The Balaban J connectivity index is 3.07. The molecule has 4 nitrogen and oxygen atoms in total. The highest BCUT2D eigenvalue weighted by atomic mass is 15.0. The average molecular weight is 190 g/mol. The number of rotatable bonds is 3. The van der Waals surface area contributed by atoms with Crippen LogP contribution in [-0.4, -0.2) is 9.97 Å². The Morgan fingerprint density at radius 2 is 2.14 bits per heavy atom. The van der Waals surface area contributed by atoms with E-state index in [0.717, 1.165) is 25.0 Å². The normalized spacial score (nSPS) is 9.79. The summed E-state index contributed by atoms with van der Waals surface area (Å²) in [6.07, 6.45) is 2.89. The smallest absolute Gasteiger partial charge is 0.220 e. The Kier molecular flexibility index (Phi) is 3.41. The monoisotopic (exact) mass is 190 g/mol. The van der Waals surface area contributed by atoms with Crippen LogP contribution in [0.1, 0.15) is 36.7 Å². The first-order valence-corrected chi connectivity index (χ1v) is 4.72. The van der Waals surface area contributed by atoms with Crippen molar-refractivity contribution >= 4 is 5.95 Å². The lowest BCUT2D eigenvalue weighted by Gasteiger charge is -2.05. The third-order valence-corrected chi connectivity index (χ3v) is 2.06. The molecule has 14 heavy (non-hydrogen) atoms. The molecule has 0 amide bonds. The molecule has 0 saturated heterocycles. The third kappa shape index (κ3) is 2.19. The first-order valence-electron chi connectivity index (χ1n) is 4.72. The van der Waals surface area contributed by atoms with E-state index in [4.69, 9.17) is 11.0 Å². The standard InChI is InChI=1S/C10H14N4/c1-3-4-5-9-8(6-11)7(2)13-10(12)14-9/h3-5H2,1-2H3,(H2,12,13,14). The molecule has 0 bridgehead atoms. The molecule has 0 aliphatic heterocycles. The Hall–Kier alpha value is -1.63. The molecule has 0 radical (unpaired) electrons. The third-order valence-electron chi connectivity index (χ3n) is 2.06. The molecule has 0 aromatic carbocycles. The summed E-state index contributed by atoms with van der Waals surface area (Å²) in [5, 5.41) is 8.92. The maximum Gasteiger partial charge on any atom is 0.220 e. The Morgan fingerprint density at radius 1 is 1.43 bits per heavy atom. The number of aryl methyl sites for hydroxylation is 2. The highest BCUT2D eigenvalue weighted by Crippen LogP contribution is 2.13. The van der Waals surface area contributed by atoms with E-state index in [9.17, 15) is 0 Å². The number of anilines is 1. The summed E-state index contributed by atoms with van der Waals surface area (Å²) in [5.74, 6) is 0.257. The number of nitrogens with zero attached hydrogens (tertiary/aromatic N) is 3. The summed E-state index contributed by atoms with van der Waals surface area (Å²) in [5.41, 5.74) is 7.55. The van der Waals surface area contributed by atoms with E-state index < -0.39 is 0 Å². The second kappa shape index (κ2) is 4.56. The van der Waals surface area contributed by atoms with Crippen LogP contribution in [0.15, 0.2) is 0 Å². The molecule has 0 fully saturated rings. The molecule has 0 spiro atoms. The zero-order valence-corrected chi connectivity index (χ0v) is 8.54. The van der Waals surface area contributed by atoms with E-state index in [1.54, 1.807) is 6.92 Å². The molecule has 0 aliphatic carbocycles. The molecule has 1 aromatic rings. The minimum absolute atomic E-state index is 0.257. The van der Waals surface area contributed by atoms with Gasteiger partial charge in [-0.05, 0) is 19.8 Å². The van der Waals surface area contributed by atoms with Gasteiger partial charge in [0.05, 0.1) is 17.0 Å². The summed E-state index contributed by atoms with van der Waals surface area (Å²) < 4.78 is 0. The van der Waals surface area contributed by atoms with Crippen LogP contribution in [0.25, 0.3) is 0 Å². The lowest BCUT2D eigenvalue weighted by molar-refractivity contribution is 0.770. The van der Waals surface area contributed by atoms with Gasteiger partial charge >= 0.3 is 0 Å². The number of nitrogen functional groups attached to an aromatic ring is 1. The highest BCUT2D eigenvalue weighted by molar-refractivity contribution is 5.40. The fourth-order valence-electron chi connectivity index (χ4n) is 1.33. The van der Waals surface area contributed by atoms with E-state index in [1.165, 1.54) is 0 Å². The van der Waals surface area contributed by atoms with Gasteiger partial charge in [0.15, 0.2) is 0 Å². The highest BCUT2D eigenvalue weighted by Gasteiger charge is 2.08.